The summed E-state index contributed by atoms with van der Waals surface area (Å²) in [6.45, 7) is 0. The van der Waals surface area contributed by atoms with Crippen molar-refractivity contribution in [3.8, 4) is 28.3 Å². The average Bonchev–Trinajstić information content (AvgIpc) is 3.14. The maximum absolute atomic E-state index is 16.0. The number of carbonyl (C=O) groups excluding carboxylic acids is 1. The molecular formula is C24H23FN6O3. The molecule has 0 aliphatic heterocycles. The highest BCUT2D eigenvalue weighted by molar-refractivity contribution is 6.04. The van der Waals surface area contributed by atoms with Crippen molar-refractivity contribution in [2.24, 2.45) is 11.5 Å². The minimum atomic E-state index is -1.33. The molecule has 1 fully saturated rings. The van der Waals surface area contributed by atoms with Crippen molar-refractivity contribution in [2.75, 3.05) is 12.8 Å². The lowest BCUT2D eigenvalue weighted by Gasteiger charge is -2.40. The predicted molar refractivity (Wildman–Crippen MR) is 125 cm³/mol. The summed E-state index contributed by atoms with van der Waals surface area (Å²) < 4.78 is 22.8. The molecule has 7 N–H and O–H groups in total. The topological polar surface area (TPSA) is 155 Å². The number of anilines is 1. The number of nitrogens with zero attached hydrogens (tertiary/aromatic N) is 3. The number of benzene rings is 2. The van der Waals surface area contributed by atoms with Gasteiger partial charge in [-0.3, -0.25) is 4.79 Å². The molecule has 5 rings (SSSR count). The molecule has 2 heterocycles. The van der Waals surface area contributed by atoms with Gasteiger partial charge in [0.1, 0.15) is 34.1 Å². The highest BCUT2D eigenvalue weighted by atomic mass is 19.1. The Hall–Kier alpha value is -4.02. The van der Waals surface area contributed by atoms with Gasteiger partial charge < -0.3 is 27.0 Å². The second-order valence-corrected chi connectivity index (χ2v) is 8.48. The maximum atomic E-state index is 16.0. The monoisotopic (exact) mass is 462 g/mol. The van der Waals surface area contributed by atoms with Crippen LogP contribution in [0.4, 0.5) is 10.2 Å². The number of primary amides is 1. The van der Waals surface area contributed by atoms with Crippen LogP contribution in [0.3, 0.4) is 0 Å². The summed E-state index contributed by atoms with van der Waals surface area (Å²) in [5.74, 6) is -1.09. The zero-order chi connectivity index (χ0) is 24.2. The summed E-state index contributed by atoms with van der Waals surface area (Å²) in [6, 6.07) is 13.9. The fourth-order valence-corrected chi connectivity index (χ4v) is 4.42. The fourth-order valence-electron chi connectivity index (χ4n) is 4.42. The average molecular weight is 462 g/mol. The van der Waals surface area contributed by atoms with Gasteiger partial charge in [0, 0.05) is 35.4 Å². The Morgan fingerprint density at radius 3 is 2.56 bits per heavy atom. The van der Waals surface area contributed by atoms with E-state index in [-0.39, 0.29) is 47.0 Å². The van der Waals surface area contributed by atoms with Gasteiger partial charge in [0.15, 0.2) is 5.82 Å². The number of nitrogens with two attached hydrogens (primary N) is 3. The summed E-state index contributed by atoms with van der Waals surface area (Å²) >= 11 is 0. The number of pyridine rings is 1. The third kappa shape index (κ3) is 3.44. The number of fused-ring (bicyclic) bond motifs is 1. The Labute approximate surface area is 193 Å². The minimum absolute atomic E-state index is 0.00254. The Morgan fingerprint density at radius 1 is 1.24 bits per heavy atom. The molecule has 4 aromatic rings. The molecule has 1 aliphatic rings. The summed E-state index contributed by atoms with van der Waals surface area (Å²) in [6.07, 6.45) is 0.381. The molecule has 1 saturated carbocycles. The molecule has 2 aromatic carbocycles. The molecule has 174 valence electrons. The minimum Gasteiger partial charge on any atom is -0.496 e. The number of rotatable bonds is 5. The van der Waals surface area contributed by atoms with Gasteiger partial charge in [0.2, 0.25) is 0 Å². The third-order valence-electron chi connectivity index (χ3n) is 6.14. The van der Waals surface area contributed by atoms with Crippen LogP contribution < -0.4 is 21.9 Å². The van der Waals surface area contributed by atoms with Crippen molar-refractivity contribution in [3.63, 3.8) is 0 Å². The summed E-state index contributed by atoms with van der Waals surface area (Å²) in [4.78, 5) is 16.8. The molecule has 9 nitrogen and oxygen atoms in total. The van der Waals surface area contributed by atoms with Gasteiger partial charge >= 0.3 is 0 Å². The van der Waals surface area contributed by atoms with Crippen LogP contribution in [0, 0.1) is 5.82 Å². The first-order valence-corrected chi connectivity index (χ1v) is 10.6. The first-order valence-electron chi connectivity index (χ1n) is 10.6. The summed E-state index contributed by atoms with van der Waals surface area (Å²) in [7, 11) is 1.50. The van der Waals surface area contributed by atoms with E-state index in [2.05, 4.69) is 10.1 Å². The second kappa shape index (κ2) is 7.79. The Kier molecular flexibility index (Phi) is 4.99. The fraction of sp³-hybridized carbons (Fsp3) is 0.208. The largest absolute Gasteiger partial charge is 0.496 e. The van der Waals surface area contributed by atoms with Crippen LogP contribution in [0.15, 0.2) is 48.5 Å². The second-order valence-electron chi connectivity index (χ2n) is 8.48. The van der Waals surface area contributed by atoms with Crippen LogP contribution in [0.5, 0.6) is 5.75 Å². The van der Waals surface area contributed by atoms with E-state index in [0.29, 0.717) is 16.8 Å². The zero-order valence-corrected chi connectivity index (χ0v) is 18.3. The normalized spacial score (nSPS) is 19.7. The van der Waals surface area contributed by atoms with Crippen LogP contribution in [0.2, 0.25) is 0 Å². The van der Waals surface area contributed by atoms with Crippen molar-refractivity contribution in [1.29, 1.82) is 0 Å². The van der Waals surface area contributed by atoms with E-state index >= 15 is 4.39 Å². The molecule has 0 saturated heterocycles. The lowest BCUT2D eigenvalue weighted by molar-refractivity contribution is -0.0643. The van der Waals surface area contributed by atoms with Crippen molar-refractivity contribution < 1.29 is 19.0 Å². The molecule has 0 bridgehead atoms. The van der Waals surface area contributed by atoms with E-state index in [1.165, 1.54) is 17.9 Å². The number of halogens is 1. The Balaban J connectivity index is 1.70. The maximum Gasteiger partial charge on any atom is 0.254 e. The smallest absolute Gasteiger partial charge is 0.254 e. The molecule has 10 heteroatoms. The molecule has 0 atom stereocenters. The van der Waals surface area contributed by atoms with E-state index in [9.17, 15) is 9.90 Å². The number of hydrogen-bond acceptors (Lipinski definition) is 7. The number of ether oxygens (including phenoxy) is 1. The predicted octanol–water partition coefficient (Wildman–Crippen LogP) is 2.58. The molecule has 0 radical (unpaired) electrons. The van der Waals surface area contributed by atoms with Crippen molar-refractivity contribution in [3.05, 3.63) is 59.9 Å². The molecule has 1 aliphatic carbocycles. The molecular weight excluding hydrogens is 439 g/mol. The molecule has 2 aromatic heterocycles. The molecule has 1 amide bonds. The van der Waals surface area contributed by atoms with Crippen molar-refractivity contribution in [1.82, 2.24) is 14.8 Å². The number of hydrogen-bond donors (Lipinski definition) is 4. The van der Waals surface area contributed by atoms with Gasteiger partial charge in [-0.1, -0.05) is 30.3 Å². The third-order valence-corrected chi connectivity index (χ3v) is 6.14. The van der Waals surface area contributed by atoms with E-state index in [4.69, 9.17) is 21.9 Å². The summed E-state index contributed by atoms with van der Waals surface area (Å²) in [5, 5.41) is 14.8. The Bertz CT molecular complexity index is 1430. The van der Waals surface area contributed by atoms with Crippen molar-refractivity contribution >= 4 is 22.6 Å². The highest BCUT2D eigenvalue weighted by Gasteiger charge is 2.42. The van der Waals surface area contributed by atoms with Gasteiger partial charge in [-0.15, -0.1) is 0 Å². The Morgan fingerprint density at radius 2 is 1.94 bits per heavy atom. The molecule has 0 unspecified atom stereocenters. The van der Waals surface area contributed by atoms with Gasteiger partial charge in [0.05, 0.1) is 18.8 Å². The number of amides is 1. The number of aliphatic hydroxyl groups is 1. The van der Waals surface area contributed by atoms with Crippen LogP contribution in [-0.2, 0) is 0 Å². The number of nitrogen functional groups attached to an aromatic ring is 1. The SMILES string of the molecule is COc1cc(-c2ccccc2)nc2c(F)c(-c3nn(C4CC(N)(O)C4)c(N)c3C(N)=O)ccc12. The van der Waals surface area contributed by atoms with Crippen LogP contribution >= 0.6 is 0 Å². The first-order chi connectivity index (χ1) is 16.2. The van der Waals surface area contributed by atoms with E-state index in [1.54, 1.807) is 12.1 Å². The number of carbonyl (C=O) groups is 1. The number of aromatic nitrogens is 3. The van der Waals surface area contributed by atoms with Crippen LogP contribution in [-0.4, -0.2) is 38.6 Å². The van der Waals surface area contributed by atoms with Crippen molar-refractivity contribution in [2.45, 2.75) is 24.6 Å². The quantitative estimate of drug-likeness (QED) is 0.332. The summed E-state index contributed by atoms with van der Waals surface area (Å²) in [5.41, 5.74) is 17.4. The molecule has 0 spiro atoms. The molecule has 34 heavy (non-hydrogen) atoms. The van der Waals surface area contributed by atoms with Gasteiger partial charge in [-0.25, -0.2) is 14.1 Å². The van der Waals surface area contributed by atoms with E-state index < -0.39 is 17.4 Å². The standard InChI is InChI=1S/C24H23FN6O3/c1-34-17-9-16(12-5-3-2-4-6-12)29-21-14(17)7-8-15(19(21)25)20-18(23(27)32)22(26)31(30-20)13-10-24(28,33)11-13/h2-9,13,33H,10-11,26,28H2,1H3,(H2,27,32). The lowest BCUT2D eigenvalue weighted by atomic mass is 9.83. The van der Waals surface area contributed by atoms with E-state index in [1.807, 2.05) is 30.3 Å². The van der Waals surface area contributed by atoms with Crippen LogP contribution in [0.1, 0.15) is 29.2 Å². The zero-order valence-electron chi connectivity index (χ0n) is 18.3. The van der Waals surface area contributed by atoms with Gasteiger partial charge in [0.25, 0.3) is 5.91 Å². The van der Waals surface area contributed by atoms with E-state index in [0.717, 1.165) is 5.56 Å². The van der Waals surface area contributed by atoms with Gasteiger partial charge in [-0.05, 0) is 12.1 Å². The first kappa shape index (κ1) is 21.8. The lowest BCUT2D eigenvalue weighted by Crippen LogP contribution is -2.52. The number of methoxy groups -OCH3 is 1. The highest BCUT2D eigenvalue weighted by Crippen LogP contribution is 2.42. The van der Waals surface area contributed by atoms with Gasteiger partial charge in [-0.2, -0.15) is 5.10 Å². The van der Waals surface area contributed by atoms with Crippen LogP contribution in [0.25, 0.3) is 33.4 Å².